The van der Waals surface area contributed by atoms with E-state index < -0.39 is 6.10 Å². The molecule has 2 rings (SSSR count). The average Bonchev–Trinajstić information content (AvgIpc) is 2.78. The summed E-state index contributed by atoms with van der Waals surface area (Å²) in [6, 6.07) is 13.2. The number of nitrogens with zero attached hydrogens (tertiary/aromatic N) is 1. The largest absolute Gasteiger partial charge is 0.497 e. The molecule has 0 fully saturated rings. The van der Waals surface area contributed by atoms with Crippen molar-refractivity contribution in [3.05, 3.63) is 48.0 Å². The Balaban J connectivity index is 1.95. The average molecular weight is 420 g/mol. The lowest BCUT2D eigenvalue weighted by Crippen LogP contribution is -2.36. The first-order valence-electron chi connectivity index (χ1n) is 9.96. The van der Waals surface area contributed by atoms with Gasteiger partial charge in [-0.3, -0.25) is 4.90 Å². The van der Waals surface area contributed by atoms with Crippen molar-refractivity contribution in [3.8, 4) is 23.0 Å². The first kappa shape index (κ1) is 23.8. The van der Waals surface area contributed by atoms with Gasteiger partial charge in [-0.2, -0.15) is 0 Å². The molecule has 0 saturated heterocycles. The highest BCUT2D eigenvalue weighted by Gasteiger charge is 2.15. The number of ether oxygens (including phenoxy) is 5. The molecule has 0 spiro atoms. The maximum atomic E-state index is 10.5. The summed E-state index contributed by atoms with van der Waals surface area (Å²) in [5.74, 6) is 2.85. The third-order valence-corrected chi connectivity index (χ3v) is 4.65. The summed E-state index contributed by atoms with van der Waals surface area (Å²) in [4.78, 5) is 2.18. The number of hydrogen-bond acceptors (Lipinski definition) is 7. The molecule has 0 heterocycles. The minimum absolute atomic E-state index is 0.207. The summed E-state index contributed by atoms with van der Waals surface area (Å²) in [5, 5.41) is 10.5. The van der Waals surface area contributed by atoms with Crippen molar-refractivity contribution in [2.45, 2.75) is 19.1 Å². The molecule has 0 unspecified atom stereocenters. The quantitative estimate of drug-likeness (QED) is 0.472. The van der Waals surface area contributed by atoms with Gasteiger partial charge in [-0.1, -0.05) is 6.07 Å². The van der Waals surface area contributed by atoms with Gasteiger partial charge in [0.05, 0.1) is 21.3 Å². The van der Waals surface area contributed by atoms with Crippen molar-refractivity contribution in [2.75, 3.05) is 54.7 Å². The molecule has 2 aromatic rings. The number of aliphatic hydroxyl groups excluding tert-OH is 1. The second kappa shape index (κ2) is 13.0. The maximum absolute atomic E-state index is 10.5. The molecule has 7 nitrogen and oxygen atoms in total. The number of rotatable bonds is 14. The number of methoxy groups -OCH3 is 4. The van der Waals surface area contributed by atoms with Gasteiger partial charge in [0.2, 0.25) is 0 Å². The molecule has 0 aliphatic heterocycles. The Morgan fingerprint density at radius 1 is 0.867 bits per heavy atom. The Morgan fingerprint density at radius 2 is 1.57 bits per heavy atom. The van der Waals surface area contributed by atoms with Gasteiger partial charge in [-0.15, -0.1) is 0 Å². The molecule has 0 aliphatic carbocycles. The lowest BCUT2D eigenvalue weighted by molar-refractivity contribution is 0.0617. The molecule has 0 amide bonds. The van der Waals surface area contributed by atoms with Crippen LogP contribution in [0.5, 0.6) is 23.0 Å². The highest BCUT2D eigenvalue weighted by atomic mass is 16.5. The van der Waals surface area contributed by atoms with Crippen molar-refractivity contribution in [1.29, 1.82) is 0 Å². The molecule has 1 atom stereocenters. The lowest BCUT2D eigenvalue weighted by atomic mass is 10.1. The summed E-state index contributed by atoms with van der Waals surface area (Å²) < 4.78 is 26.7. The van der Waals surface area contributed by atoms with Gasteiger partial charge in [0, 0.05) is 33.4 Å². The number of hydrogen-bond donors (Lipinski definition) is 1. The van der Waals surface area contributed by atoms with E-state index in [9.17, 15) is 5.11 Å². The van der Waals surface area contributed by atoms with Crippen molar-refractivity contribution < 1.29 is 28.8 Å². The third kappa shape index (κ3) is 7.74. The summed E-state index contributed by atoms with van der Waals surface area (Å²) >= 11 is 0. The molecular formula is C23H33NO6. The van der Waals surface area contributed by atoms with Crippen LogP contribution in [0.4, 0.5) is 0 Å². The van der Waals surface area contributed by atoms with Crippen LogP contribution < -0.4 is 18.9 Å². The number of benzene rings is 2. The molecule has 1 N–H and O–H groups in total. The van der Waals surface area contributed by atoms with Crippen LogP contribution in [0.2, 0.25) is 0 Å². The predicted molar refractivity (Wildman–Crippen MR) is 116 cm³/mol. The zero-order valence-corrected chi connectivity index (χ0v) is 18.3. The van der Waals surface area contributed by atoms with Gasteiger partial charge in [0.1, 0.15) is 24.2 Å². The molecule has 0 bridgehead atoms. The van der Waals surface area contributed by atoms with E-state index in [1.54, 1.807) is 28.4 Å². The molecule has 0 aromatic heterocycles. The van der Waals surface area contributed by atoms with E-state index in [0.717, 1.165) is 24.3 Å². The van der Waals surface area contributed by atoms with E-state index in [0.29, 0.717) is 36.9 Å². The number of aliphatic hydroxyl groups is 1. The summed E-state index contributed by atoms with van der Waals surface area (Å²) in [6.07, 6.45) is 0.241. The second-order valence-corrected chi connectivity index (χ2v) is 6.91. The van der Waals surface area contributed by atoms with E-state index in [-0.39, 0.29) is 6.61 Å². The van der Waals surface area contributed by atoms with Crippen LogP contribution >= 0.6 is 0 Å². The van der Waals surface area contributed by atoms with E-state index >= 15 is 0 Å². The Hall–Kier alpha value is -2.48. The van der Waals surface area contributed by atoms with Crippen LogP contribution in [0.15, 0.2) is 42.5 Å². The van der Waals surface area contributed by atoms with E-state index in [4.69, 9.17) is 23.7 Å². The Labute approximate surface area is 179 Å². The Kier molecular flexibility index (Phi) is 10.3. The molecule has 30 heavy (non-hydrogen) atoms. The SMILES string of the molecule is COCCCN(Cc1ccc(OC)c(OC)c1)C[C@@H](O)COc1ccc(OC)cc1. The monoisotopic (exact) mass is 419 g/mol. The fraction of sp³-hybridized carbons (Fsp3) is 0.478. The lowest BCUT2D eigenvalue weighted by Gasteiger charge is -2.25. The zero-order valence-electron chi connectivity index (χ0n) is 18.3. The molecule has 0 radical (unpaired) electrons. The Bertz CT molecular complexity index is 737. The van der Waals surface area contributed by atoms with Crippen LogP contribution in [0.3, 0.4) is 0 Å². The first-order valence-corrected chi connectivity index (χ1v) is 9.96. The highest BCUT2D eigenvalue weighted by molar-refractivity contribution is 5.42. The maximum Gasteiger partial charge on any atom is 0.161 e. The van der Waals surface area contributed by atoms with Crippen LogP contribution in [0.25, 0.3) is 0 Å². The van der Waals surface area contributed by atoms with E-state index in [1.165, 1.54) is 0 Å². The van der Waals surface area contributed by atoms with Gasteiger partial charge >= 0.3 is 0 Å². The fourth-order valence-electron chi connectivity index (χ4n) is 3.12. The third-order valence-electron chi connectivity index (χ3n) is 4.65. The minimum atomic E-state index is -0.630. The van der Waals surface area contributed by atoms with Crippen molar-refractivity contribution in [2.24, 2.45) is 0 Å². The molecule has 0 saturated carbocycles. The second-order valence-electron chi connectivity index (χ2n) is 6.91. The van der Waals surface area contributed by atoms with Gasteiger partial charge in [-0.05, 0) is 48.4 Å². The van der Waals surface area contributed by atoms with Gasteiger partial charge < -0.3 is 28.8 Å². The standard InChI is InChI=1S/C23H33NO6/c1-26-13-5-12-24(15-18-6-11-22(28-3)23(14-18)29-4)16-19(25)17-30-21-9-7-20(27-2)8-10-21/h6-11,14,19,25H,5,12-13,15-17H2,1-4H3/t19-/m1/s1. The smallest absolute Gasteiger partial charge is 0.161 e. The van der Waals surface area contributed by atoms with Crippen molar-refractivity contribution in [1.82, 2.24) is 4.90 Å². The molecule has 7 heteroatoms. The minimum Gasteiger partial charge on any atom is -0.497 e. The fourth-order valence-corrected chi connectivity index (χ4v) is 3.12. The normalized spacial score (nSPS) is 11.9. The Morgan fingerprint density at radius 3 is 2.20 bits per heavy atom. The van der Waals surface area contributed by atoms with Crippen LogP contribution in [-0.4, -0.2) is 70.9 Å². The van der Waals surface area contributed by atoms with Gasteiger partial charge in [0.15, 0.2) is 11.5 Å². The van der Waals surface area contributed by atoms with Crippen LogP contribution in [0.1, 0.15) is 12.0 Å². The molecule has 166 valence electrons. The predicted octanol–water partition coefficient (Wildman–Crippen LogP) is 2.99. The van der Waals surface area contributed by atoms with Crippen LogP contribution in [-0.2, 0) is 11.3 Å². The summed E-state index contributed by atoms with van der Waals surface area (Å²) in [7, 11) is 6.55. The summed E-state index contributed by atoms with van der Waals surface area (Å²) in [5.41, 5.74) is 1.08. The van der Waals surface area contributed by atoms with Crippen molar-refractivity contribution >= 4 is 0 Å². The highest BCUT2D eigenvalue weighted by Crippen LogP contribution is 2.28. The van der Waals surface area contributed by atoms with E-state index in [1.807, 2.05) is 42.5 Å². The van der Waals surface area contributed by atoms with Crippen LogP contribution in [0, 0.1) is 0 Å². The zero-order chi connectivity index (χ0) is 21.8. The van der Waals surface area contributed by atoms with Crippen molar-refractivity contribution in [3.63, 3.8) is 0 Å². The molecule has 2 aromatic carbocycles. The topological polar surface area (TPSA) is 69.6 Å². The molecule has 0 aliphatic rings. The van der Waals surface area contributed by atoms with E-state index in [2.05, 4.69) is 4.90 Å². The van der Waals surface area contributed by atoms with Gasteiger partial charge in [-0.25, -0.2) is 0 Å². The summed E-state index contributed by atoms with van der Waals surface area (Å²) in [6.45, 7) is 2.82. The molecular weight excluding hydrogens is 386 g/mol. The van der Waals surface area contributed by atoms with Gasteiger partial charge in [0.25, 0.3) is 0 Å². The first-order chi connectivity index (χ1) is 14.6.